The molecule has 1 aromatic carbocycles. The molecule has 0 aliphatic heterocycles. The van der Waals surface area contributed by atoms with Crippen LogP contribution in [-0.2, 0) is 12.6 Å². The van der Waals surface area contributed by atoms with E-state index >= 15 is 0 Å². The summed E-state index contributed by atoms with van der Waals surface area (Å²) in [6, 6.07) is 3.66. The highest BCUT2D eigenvalue weighted by Gasteiger charge is 2.31. The third-order valence-corrected chi connectivity index (χ3v) is 3.31. The third-order valence-electron chi connectivity index (χ3n) is 2.48. The van der Waals surface area contributed by atoms with Crippen molar-refractivity contribution in [3.63, 3.8) is 0 Å². The molecule has 0 aliphatic carbocycles. The number of hydrogen-bond donors (Lipinski definition) is 1. The van der Waals surface area contributed by atoms with Crippen LogP contribution >= 0.6 is 11.3 Å². The highest BCUT2D eigenvalue weighted by molar-refractivity contribution is 7.15. The average Bonchev–Trinajstić information content (AvgIpc) is 2.73. The van der Waals surface area contributed by atoms with Crippen LogP contribution in [0.1, 0.15) is 16.0 Å². The van der Waals surface area contributed by atoms with Crippen molar-refractivity contribution in [1.82, 2.24) is 4.98 Å². The van der Waals surface area contributed by atoms with E-state index in [4.69, 9.17) is 10.5 Å². The van der Waals surface area contributed by atoms with E-state index in [-0.39, 0.29) is 5.75 Å². The van der Waals surface area contributed by atoms with Crippen molar-refractivity contribution in [2.24, 2.45) is 0 Å². The first-order valence-corrected chi connectivity index (χ1v) is 6.15. The molecule has 102 valence electrons. The van der Waals surface area contributed by atoms with Crippen LogP contribution in [0.25, 0.3) is 0 Å². The molecule has 1 aromatic heterocycles. The Balaban J connectivity index is 2.34. The standard InChI is InChI=1S/C12H11F3N2OS/c1-18-9-3-7(2-8(5-9)12(13,14)15)4-10-6-17-11(16)19-10/h2-3,5-6H,4H2,1H3,(H2,16,17). The van der Waals surface area contributed by atoms with Crippen LogP contribution in [0, 0.1) is 0 Å². The lowest BCUT2D eigenvalue weighted by molar-refractivity contribution is -0.137. The van der Waals surface area contributed by atoms with Crippen LogP contribution in [0.4, 0.5) is 18.3 Å². The second-order valence-electron chi connectivity index (χ2n) is 3.91. The summed E-state index contributed by atoms with van der Waals surface area (Å²) >= 11 is 1.25. The van der Waals surface area contributed by atoms with Crippen LogP contribution in [0.5, 0.6) is 5.75 Å². The first-order valence-electron chi connectivity index (χ1n) is 5.34. The number of benzene rings is 1. The van der Waals surface area contributed by atoms with Gasteiger partial charge in [-0.05, 0) is 23.8 Å². The van der Waals surface area contributed by atoms with Gasteiger partial charge in [0.15, 0.2) is 5.13 Å². The van der Waals surface area contributed by atoms with Gasteiger partial charge in [-0.25, -0.2) is 4.98 Å². The zero-order valence-electron chi connectivity index (χ0n) is 9.99. The molecule has 1 heterocycles. The van der Waals surface area contributed by atoms with Crippen molar-refractivity contribution in [1.29, 1.82) is 0 Å². The van der Waals surface area contributed by atoms with Gasteiger partial charge >= 0.3 is 6.18 Å². The Bertz CT molecular complexity index is 581. The minimum Gasteiger partial charge on any atom is -0.497 e. The maximum Gasteiger partial charge on any atom is 0.416 e. The number of thiazole rings is 1. The molecule has 19 heavy (non-hydrogen) atoms. The Morgan fingerprint density at radius 1 is 1.32 bits per heavy atom. The topological polar surface area (TPSA) is 48.1 Å². The molecule has 0 bridgehead atoms. The zero-order valence-corrected chi connectivity index (χ0v) is 10.8. The molecular formula is C12H11F3N2OS. The molecule has 3 nitrogen and oxygen atoms in total. The lowest BCUT2D eigenvalue weighted by Gasteiger charge is -2.11. The van der Waals surface area contributed by atoms with E-state index in [1.165, 1.54) is 18.4 Å². The van der Waals surface area contributed by atoms with Gasteiger partial charge in [0.2, 0.25) is 0 Å². The molecule has 0 amide bonds. The van der Waals surface area contributed by atoms with Gasteiger partial charge in [0.05, 0.1) is 12.7 Å². The Morgan fingerprint density at radius 3 is 2.58 bits per heavy atom. The Kier molecular flexibility index (Phi) is 3.66. The number of aromatic nitrogens is 1. The van der Waals surface area contributed by atoms with E-state index in [0.29, 0.717) is 17.1 Å². The molecule has 0 aliphatic rings. The molecule has 0 radical (unpaired) electrons. The van der Waals surface area contributed by atoms with Crippen LogP contribution in [0.2, 0.25) is 0 Å². The summed E-state index contributed by atoms with van der Waals surface area (Å²) in [7, 11) is 1.34. The van der Waals surface area contributed by atoms with Crippen LogP contribution in [-0.4, -0.2) is 12.1 Å². The van der Waals surface area contributed by atoms with Crippen molar-refractivity contribution in [3.8, 4) is 5.75 Å². The molecule has 0 spiro atoms. The highest BCUT2D eigenvalue weighted by atomic mass is 32.1. The van der Waals surface area contributed by atoms with Crippen molar-refractivity contribution in [2.45, 2.75) is 12.6 Å². The van der Waals surface area contributed by atoms with Gasteiger partial charge in [0.25, 0.3) is 0 Å². The van der Waals surface area contributed by atoms with E-state index in [9.17, 15) is 13.2 Å². The van der Waals surface area contributed by atoms with Crippen molar-refractivity contribution < 1.29 is 17.9 Å². The summed E-state index contributed by atoms with van der Waals surface area (Å²) in [6.45, 7) is 0. The minimum atomic E-state index is -4.39. The minimum absolute atomic E-state index is 0.183. The van der Waals surface area contributed by atoms with Crippen molar-refractivity contribution in [3.05, 3.63) is 40.4 Å². The number of rotatable bonds is 3. The lowest BCUT2D eigenvalue weighted by atomic mass is 10.1. The number of anilines is 1. The Morgan fingerprint density at radius 2 is 2.05 bits per heavy atom. The van der Waals surface area contributed by atoms with Gasteiger partial charge in [0.1, 0.15) is 5.75 Å². The van der Waals surface area contributed by atoms with Crippen molar-refractivity contribution >= 4 is 16.5 Å². The van der Waals surface area contributed by atoms with Gasteiger partial charge in [-0.1, -0.05) is 0 Å². The fourth-order valence-electron chi connectivity index (χ4n) is 1.65. The molecule has 2 aromatic rings. The van der Waals surface area contributed by atoms with Crippen LogP contribution in [0.15, 0.2) is 24.4 Å². The van der Waals surface area contributed by atoms with E-state index in [1.54, 1.807) is 12.3 Å². The normalized spacial score (nSPS) is 11.6. The molecule has 0 atom stereocenters. The second-order valence-corrected chi connectivity index (χ2v) is 5.06. The zero-order chi connectivity index (χ0) is 14.0. The number of nitrogen functional groups attached to an aromatic ring is 1. The molecule has 2 N–H and O–H groups in total. The smallest absolute Gasteiger partial charge is 0.416 e. The third kappa shape index (κ3) is 3.37. The molecule has 0 unspecified atom stereocenters. The summed E-state index contributed by atoms with van der Waals surface area (Å²) in [5.41, 5.74) is 5.28. The predicted molar refractivity (Wildman–Crippen MR) is 67.3 cm³/mol. The number of methoxy groups -OCH3 is 1. The quantitative estimate of drug-likeness (QED) is 0.942. The number of nitrogens with zero attached hydrogens (tertiary/aromatic N) is 1. The first kappa shape index (κ1) is 13.7. The molecule has 0 fully saturated rings. The summed E-state index contributed by atoms with van der Waals surface area (Å²) in [4.78, 5) is 4.67. The summed E-state index contributed by atoms with van der Waals surface area (Å²) in [6.07, 6.45) is -2.49. The van der Waals surface area contributed by atoms with Gasteiger partial charge < -0.3 is 10.5 Å². The van der Waals surface area contributed by atoms with E-state index in [0.717, 1.165) is 17.0 Å². The fraction of sp³-hybridized carbons (Fsp3) is 0.250. The number of halogens is 3. The predicted octanol–water partition coefficient (Wildman–Crippen LogP) is 3.34. The average molecular weight is 288 g/mol. The molecular weight excluding hydrogens is 277 g/mol. The number of hydrogen-bond acceptors (Lipinski definition) is 4. The number of nitrogens with two attached hydrogens (primary N) is 1. The molecule has 2 rings (SSSR count). The molecule has 0 saturated heterocycles. The van der Waals surface area contributed by atoms with Crippen LogP contribution in [0.3, 0.4) is 0 Å². The maximum absolute atomic E-state index is 12.7. The largest absolute Gasteiger partial charge is 0.497 e. The monoisotopic (exact) mass is 288 g/mol. The summed E-state index contributed by atoms with van der Waals surface area (Å²) in [5, 5.41) is 0.397. The summed E-state index contributed by atoms with van der Waals surface area (Å²) < 4.78 is 43.1. The summed E-state index contributed by atoms with van der Waals surface area (Å²) in [5.74, 6) is 0.183. The number of alkyl halides is 3. The van der Waals surface area contributed by atoms with Gasteiger partial charge in [-0.2, -0.15) is 13.2 Å². The van der Waals surface area contributed by atoms with E-state index < -0.39 is 11.7 Å². The van der Waals surface area contributed by atoms with Gasteiger partial charge in [-0.3, -0.25) is 0 Å². The van der Waals surface area contributed by atoms with Gasteiger partial charge in [-0.15, -0.1) is 11.3 Å². The fourth-order valence-corrected chi connectivity index (χ4v) is 2.37. The van der Waals surface area contributed by atoms with E-state index in [2.05, 4.69) is 4.98 Å². The molecule has 0 saturated carbocycles. The number of ether oxygens (including phenoxy) is 1. The highest BCUT2D eigenvalue weighted by Crippen LogP contribution is 2.33. The van der Waals surface area contributed by atoms with Crippen LogP contribution < -0.4 is 10.5 Å². The Hall–Kier alpha value is -1.76. The second kappa shape index (κ2) is 5.08. The molecule has 7 heteroatoms. The van der Waals surface area contributed by atoms with Crippen molar-refractivity contribution in [2.75, 3.05) is 12.8 Å². The first-order chi connectivity index (χ1) is 8.88. The Labute approximate surface area is 111 Å². The van der Waals surface area contributed by atoms with Gasteiger partial charge in [0, 0.05) is 17.5 Å². The van der Waals surface area contributed by atoms with E-state index in [1.807, 2.05) is 0 Å². The SMILES string of the molecule is COc1cc(Cc2cnc(N)s2)cc(C(F)(F)F)c1. The lowest BCUT2D eigenvalue weighted by Crippen LogP contribution is -2.06. The maximum atomic E-state index is 12.7.